The second-order valence-corrected chi connectivity index (χ2v) is 9.05. The Balaban J connectivity index is 1.49. The summed E-state index contributed by atoms with van der Waals surface area (Å²) in [6.45, 7) is 11.0. The number of nitrogens with zero attached hydrogens (tertiary/aromatic N) is 6. The minimum Gasteiger partial charge on any atom is -0.325 e. The van der Waals surface area contributed by atoms with Crippen molar-refractivity contribution in [1.29, 1.82) is 0 Å². The van der Waals surface area contributed by atoms with Crippen LogP contribution in [0.5, 0.6) is 0 Å². The Morgan fingerprint density at radius 1 is 1.09 bits per heavy atom. The number of imidazole rings is 1. The molecular weight excluding hydrogens is 448 g/mol. The molecule has 0 spiro atoms. The third kappa shape index (κ3) is 4.36. The number of fused-ring (bicyclic) bond motifs is 2. The Labute approximate surface area is 203 Å². The van der Waals surface area contributed by atoms with Gasteiger partial charge in [0.2, 0.25) is 5.95 Å². The van der Waals surface area contributed by atoms with Gasteiger partial charge in [-0.1, -0.05) is 19.9 Å². The molecule has 7 nitrogen and oxygen atoms in total. The van der Waals surface area contributed by atoms with Crippen LogP contribution in [0.2, 0.25) is 0 Å². The van der Waals surface area contributed by atoms with Gasteiger partial charge in [-0.25, -0.2) is 28.7 Å². The molecule has 1 atom stereocenters. The van der Waals surface area contributed by atoms with Crippen molar-refractivity contribution in [2.24, 2.45) is 0 Å². The average Bonchev–Trinajstić information content (AvgIpc) is 3.20. The Hall–Kier alpha value is -3.46. The van der Waals surface area contributed by atoms with Crippen molar-refractivity contribution in [3.05, 3.63) is 59.2 Å². The highest BCUT2D eigenvalue weighted by Crippen LogP contribution is 2.31. The first-order valence-corrected chi connectivity index (χ1v) is 12.1. The zero-order valence-corrected chi connectivity index (χ0v) is 20.4. The number of aromatic nitrogens is 5. The van der Waals surface area contributed by atoms with Crippen molar-refractivity contribution in [3.63, 3.8) is 0 Å². The van der Waals surface area contributed by atoms with Gasteiger partial charge in [0.25, 0.3) is 0 Å². The van der Waals surface area contributed by atoms with Crippen molar-refractivity contribution < 1.29 is 8.78 Å². The van der Waals surface area contributed by atoms with E-state index < -0.39 is 11.6 Å². The van der Waals surface area contributed by atoms with E-state index in [0.29, 0.717) is 16.9 Å². The van der Waals surface area contributed by atoms with Gasteiger partial charge in [-0.05, 0) is 50.6 Å². The SMILES string of the molecule is CCC(C)n1c(C)nc2c(F)cc(-c3nc(Nc4ccc5c(n4)CCN(CC)C5)ncc3F)cc21. The standard InChI is InChI=1S/C26H29F2N7/c1-5-15(3)35-16(4)30-25-19(27)11-18(12-22(25)35)24-20(28)13-29-26(33-24)32-23-8-7-17-14-34(6-2)10-9-21(17)31-23/h7-8,11-13,15H,5-6,9-10,14H2,1-4H3,(H,29,31,32,33). The lowest BCUT2D eigenvalue weighted by Gasteiger charge is -2.27. The fraction of sp³-hybridized carbons (Fsp3) is 0.385. The molecule has 4 heterocycles. The van der Waals surface area contributed by atoms with E-state index in [1.54, 1.807) is 6.07 Å². The third-order valence-corrected chi connectivity index (χ3v) is 6.79. The van der Waals surface area contributed by atoms with Crippen molar-refractivity contribution >= 4 is 22.8 Å². The predicted molar refractivity (Wildman–Crippen MR) is 133 cm³/mol. The molecule has 1 aliphatic rings. The number of halogens is 2. The Morgan fingerprint density at radius 3 is 2.69 bits per heavy atom. The summed E-state index contributed by atoms with van der Waals surface area (Å²) in [6, 6.07) is 7.08. The van der Waals surface area contributed by atoms with E-state index in [9.17, 15) is 4.39 Å². The minimum atomic E-state index is -0.626. The summed E-state index contributed by atoms with van der Waals surface area (Å²) in [6.07, 6.45) is 2.83. The van der Waals surface area contributed by atoms with Crippen LogP contribution in [-0.2, 0) is 13.0 Å². The van der Waals surface area contributed by atoms with E-state index in [4.69, 9.17) is 4.98 Å². The maximum atomic E-state index is 15.0. The number of rotatable bonds is 6. The van der Waals surface area contributed by atoms with Crippen LogP contribution in [0, 0.1) is 18.6 Å². The number of hydrogen-bond donors (Lipinski definition) is 1. The lowest BCUT2D eigenvalue weighted by molar-refractivity contribution is 0.266. The van der Waals surface area contributed by atoms with Crippen molar-refractivity contribution in [3.8, 4) is 11.3 Å². The molecule has 4 aromatic rings. The highest BCUT2D eigenvalue weighted by Gasteiger charge is 2.20. The fourth-order valence-electron chi connectivity index (χ4n) is 4.70. The number of likely N-dealkylation sites (N-methyl/N-ethyl adjacent to an activating group) is 1. The maximum Gasteiger partial charge on any atom is 0.229 e. The van der Waals surface area contributed by atoms with Crippen LogP contribution in [0.15, 0.2) is 30.5 Å². The molecule has 3 aromatic heterocycles. The first-order chi connectivity index (χ1) is 16.9. The molecule has 1 aromatic carbocycles. The number of anilines is 2. The van der Waals surface area contributed by atoms with E-state index in [0.717, 1.165) is 50.2 Å². The number of aryl methyl sites for hydroxylation is 1. The lowest BCUT2D eigenvalue weighted by Crippen LogP contribution is -2.30. The number of pyridine rings is 1. The maximum absolute atomic E-state index is 15.0. The van der Waals surface area contributed by atoms with Crippen molar-refractivity contribution in [2.45, 2.75) is 53.1 Å². The molecule has 5 rings (SSSR count). The Morgan fingerprint density at radius 2 is 1.91 bits per heavy atom. The molecule has 0 fully saturated rings. The highest BCUT2D eigenvalue weighted by atomic mass is 19.1. The zero-order chi connectivity index (χ0) is 24.7. The number of benzene rings is 1. The van der Waals surface area contributed by atoms with E-state index in [2.05, 4.69) is 52.0 Å². The second kappa shape index (κ2) is 9.30. The third-order valence-electron chi connectivity index (χ3n) is 6.79. The second-order valence-electron chi connectivity index (χ2n) is 9.05. The van der Waals surface area contributed by atoms with Crippen LogP contribution in [0.4, 0.5) is 20.5 Å². The molecule has 0 saturated heterocycles. The number of nitrogens with one attached hydrogen (secondary N) is 1. The van der Waals surface area contributed by atoms with Crippen LogP contribution in [-0.4, -0.2) is 42.5 Å². The fourth-order valence-corrected chi connectivity index (χ4v) is 4.70. The Bertz CT molecular complexity index is 1400. The summed E-state index contributed by atoms with van der Waals surface area (Å²) in [5.74, 6) is 0.383. The minimum absolute atomic E-state index is 0.0226. The molecule has 0 amide bonds. The molecule has 9 heteroatoms. The largest absolute Gasteiger partial charge is 0.325 e. The predicted octanol–water partition coefficient (Wildman–Crippen LogP) is 5.57. The van der Waals surface area contributed by atoms with Crippen LogP contribution >= 0.6 is 0 Å². The zero-order valence-electron chi connectivity index (χ0n) is 20.4. The number of hydrogen-bond acceptors (Lipinski definition) is 6. The van der Waals surface area contributed by atoms with Crippen LogP contribution in [0.25, 0.3) is 22.3 Å². The summed E-state index contributed by atoms with van der Waals surface area (Å²) in [4.78, 5) is 20.0. The van der Waals surface area contributed by atoms with Gasteiger partial charge >= 0.3 is 0 Å². The van der Waals surface area contributed by atoms with Crippen LogP contribution in [0.3, 0.4) is 0 Å². The summed E-state index contributed by atoms with van der Waals surface area (Å²) >= 11 is 0. The first kappa shape index (κ1) is 23.3. The van der Waals surface area contributed by atoms with Gasteiger partial charge in [-0.2, -0.15) is 0 Å². The molecule has 0 bridgehead atoms. The Kier molecular flexibility index (Phi) is 6.19. The monoisotopic (exact) mass is 477 g/mol. The molecule has 1 unspecified atom stereocenters. The molecule has 0 radical (unpaired) electrons. The van der Waals surface area contributed by atoms with Crippen LogP contribution < -0.4 is 5.32 Å². The van der Waals surface area contributed by atoms with Gasteiger partial charge in [-0.15, -0.1) is 0 Å². The van der Waals surface area contributed by atoms with Crippen molar-refractivity contribution in [2.75, 3.05) is 18.4 Å². The summed E-state index contributed by atoms with van der Waals surface area (Å²) in [7, 11) is 0. The van der Waals surface area contributed by atoms with Crippen LogP contribution in [0.1, 0.15) is 50.3 Å². The van der Waals surface area contributed by atoms with E-state index >= 15 is 4.39 Å². The van der Waals surface area contributed by atoms with Crippen molar-refractivity contribution in [1.82, 2.24) is 29.4 Å². The summed E-state index contributed by atoms with van der Waals surface area (Å²) < 4.78 is 31.8. The molecule has 1 aliphatic heterocycles. The van der Waals surface area contributed by atoms with Gasteiger partial charge in [-0.3, -0.25) is 4.90 Å². The molecular formula is C26H29F2N7. The molecule has 35 heavy (non-hydrogen) atoms. The van der Waals surface area contributed by atoms with Gasteiger partial charge < -0.3 is 9.88 Å². The van der Waals surface area contributed by atoms with Gasteiger partial charge in [0.1, 0.15) is 22.9 Å². The lowest BCUT2D eigenvalue weighted by atomic mass is 10.1. The van der Waals surface area contributed by atoms with Gasteiger partial charge in [0.15, 0.2) is 11.6 Å². The topological polar surface area (TPSA) is 71.8 Å². The molecule has 182 valence electrons. The van der Waals surface area contributed by atoms with Gasteiger partial charge in [0, 0.05) is 36.8 Å². The smallest absolute Gasteiger partial charge is 0.229 e. The molecule has 1 N–H and O–H groups in total. The van der Waals surface area contributed by atoms with E-state index in [1.807, 2.05) is 17.6 Å². The normalized spacial score (nSPS) is 14.8. The average molecular weight is 478 g/mol. The highest BCUT2D eigenvalue weighted by molar-refractivity contribution is 5.83. The first-order valence-electron chi connectivity index (χ1n) is 12.1. The molecule has 0 saturated carbocycles. The van der Waals surface area contributed by atoms with E-state index in [-0.39, 0.29) is 23.2 Å². The summed E-state index contributed by atoms with van der Waals surface area (Å²) in [5, 5.41) is 3.09. The molecule has 0 aliphatic carbocycles. The quantitative estimate of drug-likeness (QED) is 0.392. The summed E-state index contributed by atoms with van der Waals surface area (Å²) in [5.41, 5.74) is 3.51. The van der Waals surface area contributed by atoms with Gasteiger partial charge in [0.05, 0.1) is 11.7 Å². The van der Waals surface area contributed by atoms with E-state index in [1.165, 1.54) is 11.6 Å².